The summed E-state index contributed by atoms with van der Waals surface area (Å²) in [5.74, 6) is 1.98. The summed E-state index contributed by atoms with van der Waals surface area (Å²) in [6.07, 6.45) is 4.04. The Bertz CT molecular complexity index is 947. The molecule has 0 aliphatic carbocycles. The predicted octanol–water partition coefficient (Wildman–Crippen LogP) is 3.32. The SMILES string of the molecule is CCc1cccc2c(CCNC(=NC)NCc3noc(C(C)(C)C)n3)c[nH]c12. The first kappa shape index (κ1) is 19.9. The first-order valence-electron chi connectivity index (χ1n) is 9.77. The number of guanidine groups is 1. The number of nitrogens with zero attached hydrogens (tertiary/aromatic N) is 3. The molecule has 0 saturated carbocycles. The Morgan fingerprint density at radius 3 is 2.71 bits per heavy atom. The smallest absolute Gasteiger partial charge is 0.232 e. The maximum atomic E-state index is 5.32. The molecule has 2 heterocycles. The number of fused-ring (bicyclic) bond motifs is 1. The fourth-order valence-corrected chi connectivity index (χ4v) is 3.11. The van der Waals surface area contributed by atoms with E-state index in [1.807, 2.05) is 20.8 Å². The van der Waals surface area contributed by atoms with Crippen LogP contribution in [-0.4, -0.2) is 34.7 Å². The molecule has 0 fully saturated rings. The lowest BCUT2D eigenvalue weighted by atomic mass is 9.97. The van der Waals surface area contributed by atoms with Gasteiger partial charge < -0.3 is 20.1 Å². The van der Waals surface area contributed by atoms with Crippen molar-refractivity contribution in [1.29, 1.82) is 0 Å². The summed E-state index contributed by atoms with van der Waals surface area (Å²) >= 11 is 0. The molecule has 0 atom stereocenters. The normalized spacial score (nSPS) is 12.5. The highest BCUT2D eigenvalue weighted by molar-refractivity contribution is 5.86. The zero-order valence-electron chi connectivity index (χ0n) is 17.4. The van der Waals surface area contributed by atoms with Gasteiger partial charge in [0.15, 0.2) is 11.8 Å². The molecule has 0 spiro atoms. The van der Waals surface area contributed by atoms with Crippen molar-refractivity contribution in [3.8, 4) is 0 Å². The van der Waals surface area contributed by atoms with E-state index in [-0.39, 0.29) is 5.41 Å². The van der Waals surface area contributed by atoms with Gasteiger partial charge in [-0.1, -0.05) is 51.1 Å². The van der Waals surface area contributed by atoms with E-state index in [2.05, 4.69) is 62.1 Å². The van der Waals surface area contributed by atoms with Crippen molar-refractivity contribution in [1.82, 2.24) is 25.8 Å². The molecule has 0 aliphatic heterocycles. The third-order valence-electron chi connectivity index (χ3n) is 4.70. The van der Waals surface area contributed by atoms with E-state index >= 15 is 0 Å². The number of rotatable bonds is 6. The van der Waals surface area contributed by atoms with Crippen molar-refractivity contribution in [2.75, 3.05) is 13.6 Å². The van der Waals surface area contributed by atoms with Crippen LogP contribution in [-0.2, 0) is 24.8 Å². The molecule has 2 aromatic heterocycles. The molecule has 7 heteroatoms. The minimum atomic E-state index is -0.151. The van der Waals surface area contributed by atoms with E-state index in [0.717, 1.165) is 25.3 Å². The zero-order valence-corrected chi connectivity index (χ0v) is 17.4. The van der Waals surface area contributed by atoms with Gasteiger partial charge in [0.2, 0.25) is 5.89 Å². The van der Waals surface area contributed by atoms with Gasteiger partial charge >= 0.3 is 0 Å². The van der Waals surface area contributed by atoms with E-state index < -0.39 is 0 Å². The second-order valence-electron chi connectivity index (χ2n) is 7.88. The van der Waals surface area contributed by atoms with Gasteiger partial charge in [-0.2, -0.15) is 4.98 Å². The van der Waals surface area contributed by atoms with E-state index in [1.165, 1.54) is 22.0 Å². The van der Waals surface area contributed by atoms with Gasteiger partial charge in [-0.05, 0) is 24.0 Å². The standard InChI is InChI=1S/C21H30N6O/c1-6-14-8-7-9-16-15(12-24-18(14)16)10-11-23-20(22-5)25-13-17-26-19(28-27-17)21(2,3)4/h7-9,12,24H,6,10-11,13H2,1-5H3,(H2,22,23,25). The molecular weight excluding hydrogens is 352 g/mol. The van der Waals surface area contributed by atoms with Crippen molar-refractivity contribution in [3.05, 3.63) is 47.2 Å². The summed E-state index contributed by atoms with van der Waals surface area (Å²) in [5, 5.41) is 11.9. The first-order valence-corrected chi connectivity index (χ1v) is 9.77. The monoisotopic (exact) mass is 382 g/mol. The van der Waals surface area contributed by atoms with Crippen LogP contribution in [0.25, 0.3) is 10.9 Å². The fraction of sp³-hybridized carbons (Fsp3) is 0.476. The Hall–Kier alpha value is -2.83. The predicted molar refractivity (Wildman–Crippen MR) is 113 cm³/mol. The average Bonchev–Trinajstić information content (AvgIpc) is 3.31. The maximum absolute atomic E-state index is 5.32. The summed E-state index contributed by atoms with van der Waals surface area (Å²) in [5.41, 5.74) is 3.75. The highest BCUT2D eigenvalue weighted by Crippen LogP contribution is 2.22. The quantitative estimate of drug-likeness (QED) is 0.449. The Balaban J connectivity index is 1.53. The number of aryl methyl sites for hydroxylation is 1. The summed E-state index contributed by atoms with van der Waals surface area (Å²) < 4.78 is 5.32. The van der Waals surface area contributed by atoms with Crippen molar-refractivity contribution in [3.63, 3.8) is 0 Å². The lowest BCUT2D eigenvalue weighted by molar-refractivity contribution is 0.318. The van der Waals surface area contributed by atoms with Crippen LogP contribution < -0.4 is 10.6 Å². The first-order chi connectivity index (χ1) is 13.4. The molecule has 0 bridgehead atoms. The lowest BCUT2D eigenvalue weighted by Gasteiger charge is -2.11. The largest absolute Gasteiger partial charge is 0.361 e. The number of benzene rings is 1. The molecule has 3 N–H and O–H groups in total. The van der Waals surface area contributed by atoms with Crippen LogP contribution in [0.5, 0.6) is 0 Å². The molecule has 28 heavy (non-hydrogen) atoms. The van der Waals surface area contributed by atoms with Gasteiger partial charge in [0, 0.05) is 36.1 Å². The third-order valence-corrected chi connectivity index (χ3v) is 4.70. The van der Waals surface area contributed by atoms with Crippen molar-refractivity contribution in [2.24, 2.45) is 4.99 Å². The Labute approximate surface area is 166 Å². The molecule has 3 aromatic rings. The molecular formula is C21H30N6O. The average molecular weight is 383 g/mol. The van der Waals surface area contributed by atoms with Gasteiger partial charge in [-0.25, -0.2) is 0 Å². The van der Waals surface area contributed by atoms with Crippen LogP contribution >= 0.6 is 0 Å². The van der Waals surface area contributed by atoms with E-state index in [0.29, 0.717) is 18.3 Å². The molecule has 7 nitrogen and oxygen atoms in total. The van der Waals surface area contributed by atoms with Gasteiger partial charge in [0.1, 0.15) is 0 Å². The molecule has 3 rings (SSSR count). The minimum Gasteiger partial charge on any atom is -0.361 e. The van der Waals surface area contributed by atoms with Crippen LogP contribution in [0.1, 0.15) is 50.5 Å². The number of nitrogens with one attached hydrogen (secondary N) is 3. The Kier molecular flexibility index (Phi) is 6.02. The van der Waals surface area contributed by atoms with Gasteiger partial charge in [0.05, 0.1) is 6.54 Å². The number of para-hydroxylation sites is 1. The molecule has 150 valence electrons. The fourth-order valence-electron chi connectivity index (χ4n) is 3.11. The second kappa shape index (κ2) is 8.46. The molecule has 0 radical (unpaired) electrons. The van der Waals surface area contributed by atoms with E-state index in [1.54, 1.807) is 7.05 Å². The van der Waals surface area contributed by atoms with Gasteiger partial charge in [0.25, 0.3) is 0 Å². The number of hydrogen-bond donors (Lipinski definition) is 3. The Morgan fingerprint density at radius 1 is 1.21 bits per heavy atom. The zero-order chi connectivity index (χ0) is 20.1. The van der Waals surface area contributed by atoms with Crippen LogP contribution in [0.15, 0.2) is 33.9 Å². The van der Waals surface area contributed by atoms with Crippen LogP contribution in [0.2, 0.25) is 0 Å². The molecule has 1 aromatic carbocycles. The molecule has 0 aliphatic rings. The summed E-state index contributed by atoms with van der Waals surface area (Å²) in [6, 6.07) is 6.48. The number of aromatic amines is 1. The van der Waals surface area contributed by atoms with Crippen LogP contribution in [0, 0.1) is 0 Å². The summed E-state index contributed by atoms with van der Waals surface area (Å²) in [6.45, 7) is 9.57. The van der Waals surface area contributed by atoms with Crippen LogP contribution in [0.4, 0.5) is 0 Å². The molecule has 0 unspecified atom stereocenters. The van der Waals surface area contributed by atoms with Crippen molar-refractivity contribution in [2.45, 2.75) is 52.5 Å². The lowest BCUT2D eigenvalue weighted by Crippen LogP contribution is -2.38. The van der Waals surface area contributed by atoms with Crippen molar-refractivity contribution < 1.29 is 4.52 Å². The number of aliphatic imine (C=N–C) groups is 1. The van der Waals surface area contributed by atoms with Crippen LogP contribution in [0.3, 0.4) is 0 Å². The molecule has 0 amide bonds. The maximum Gasteiger partial charge on any atom is 0.232 e. The van der Waals surface area contributed by atoms with E-state index in [4.69, 9.17) is 4.52 Å². The highest BCUT2D eigenvalue weighted by atomic mass is 16.5. The molecule has 0 saturated heterocycles. The van der Waals surface area contributed by atoms with Gasteiger partial charge in [-0.15, -0.1) is 0 Å². The Morgan fingerprint density at radius 2 is 2.04 bits per heavy atom. The summed E-state index contributed by atoms with van der Waals surface area (Å²) in [7, 11) is 1.76. The third kappa shape index (κ3) is 4.52. The highest BCUT2D eigenvalue weighted by Gasteiger charge is 2.21. The van der Waals surface area contributed by atoms with Crippen molar-refractivity contribution >= 4 is 16.9 Å². The minimum absolute atomic E-state index is 0.151. The second-order valence-corrected chi connectivity index (χ2v) is 7.88. The topological polar surface area (TPSA) is 91.1 Å². The number of H-pyrrole nitrogens is 1. The number of aromatic nitrogens is 3. The van der Waals surface area contributed by atoms with Gasteiger partial charge in [-0.3, -0.25) is 4.99 Å². The number of hydrogen-bond acceptors (Lipinski definition) is 4. The van der Waals surface area contributed by atoms with E-state index in [9.17, 15) is 0 Å². The summed E-state index contributed by atoms with van der Waals surface area (Å²) in [4.78, 5) is 12.1.